The Kier molecular flexibility index (Phi) is 34.0. The molecule has 0 spiro atoms. The van der Waals surface area contributed by atoms with Gasteiger partial charge < -0.3 is 86.9 Å². The Hall–Kier alpha value is -16.8. The van der Waals surface area contributed by atoms with E-state index in [1.54, 1.807) is 150 Å². The van der Waals surface area contributed by atoms with Crippen LogP contribution in [-0.2, 0) is 70.2 Å². The Bertz CT molecular complexity index is 7200. The highest BCUT2D eigenvalue weighted by atomic mass is 16.7. The molecule has 0 saturated carbocycles. The van der Waals surface area contributed by atoms with Gasteiger partial charge in [0.2, 0.25) is 48.3 Å². The predicted molar refractivity (Wildman–Crippen MR) is 565 cm³/mol. The molecule has 776 valence electrons. The lowest BCUT2D eigenvalue weighted by Gasteiger charge is -2.25. The molecule has 6 aliphatic rings. The van der Waals surface area contributed by atoms with Crippen LogP contribution in [0.15, 0.2) is 265 Å². The molecule has 41 nitrogen and oxygen atoms in total. The van der Waals surface area contributed by atoms with Gasteiger partial charge in [-0.3, -0.25) is 32.4 Å². The summed E-state index contributed by atoms with van der Waals surface area (Å²) in [5.41, 5.74) is 8.86. The molecule has 0 unspecified atom stereocenters. The molecule has 150 heavy (non-hydrogen) atoms. The van der Waals surface area contributed by atoms with Gasteiger partial charge in [-0.05, 0) is 214 Å². The zero-order chi connectivity index (χ0) is 103. The quantitative estimate of drug-likeness (QED) is 0.0344. The van der Waals surface area contributed by atoms with Crippen molar-refractivity contribution >= 4 is 62.8 Å². The SMILES string of the molecule is COc1ccc(CCCOC[C@H]2CCCN2c2ccnc(-n3ccnc3)n2)cc1OC.COc1ccc(CCOC[C@H]2CCCN2c2ccnc(-n3ccnc3)n2)cc1OC.Cn1ccc2ccc(CNC(=O)[C@H]3CCCN3c3ccnc(-n4ccnc4)n3)cc21.Cn1cnc2cc(CNC(=O)[C@H]3CCCN3c3ccnc(-n4ccnc4)n3)ccc21.c1cn(-c2nccc(N3CCC[C@@H]3COCCc3ccc4c(c3)OCO4)n2)cn1. The molecular formula is C109H124N30O11. The number of anilines is 5. The minimum absolute atomic E-state index is 0.0106. The van der Waals surface area contributed by atoms with Gasteiger partial charge in [0, 0.05) is 171 Å². The molecule has 0 aliphatic carbocycles. The van der Waals surface area contributed by atoms with E-state index in [0.717, 1.165) is 226 Å². The number of aromatic nitrogens is 23. The van der Waals surface area contributed by atoms with E-state index in [1.165, 1.54) is 16.5 Å². The van der Waals surface area contributed by atoms with Crippen LogP contribution in [0.5, 0.6) is 34.5 Å². The second kappa shape index (κ2) is 50.1. The number of ether oxygens (including phenoxy) is 9. The van der Waals surface area contributed by atoms with E-state index in [0.29, 0.717) is 101 Å². The van der Waals surface area contributed by atoms with Crippen LogP contribution < -0.4 is 63.6 Å². The molecule has 2 N–H and O–H groups in total. The number of nitrogens with one attached hydrogen (secondary N) is 2. The standard InChI is InChI=1S/C23H29N5O3.C22H23N7O.C22H27N5O3.C21H22N8O.C21H23N5O3/c1-29-20-8-7-18(15-21(20)30-2)5-4-14-31-16-19-6-3-12-28(19)22-9-10-25-23(26-22)27-13-11-24-17-27;1-27-11-7-17-5-4-16(13-19(17)27)14-25-21(30)18-3-2-10-29(18)20-6-8-24-22(26-20)28-12-9-23-15-28;1-28-19-6-5-17(14-20(19)29-2)8-13-30-15-18-4-3-11-27(18)21-7-9-24-22(25-21)26-12-10-23-16-26;1-27-14-25-16-11-15(4-5-17(16)27)12-24-20(30)18-3-2-9-29(18)19-6-7-23-21(26-19)28-10-8-22-13-28;1-2-17(13-27-11-6-16-3-4-18-19(12-16)29-15-28-18)26(9-1)20-5-7-23-21(24-20)25-10-8-22-14-25/h7-11,13,15,17,19H,3-6,12,14,16H2,1-2H3;4-9,11-13,15,18H,2-3,10,14H2,1H3,(H,25,30);5-7,9-10,12,14,16,18H,3-4,8,11,13,15H2,1-2H3;4-8,10-11,13-14,18H,2-3,9,12H2,1H3,(H,24,30);3-5,7-8,10,12,14,17H,1-2,6,9,11,13,15H2/t19-;3*18-;17-/m11111/s1. The number of carbonyl (C=O) groups is 2. The molecule has 18 heterocycles. The summed E-state index contributed by atoms with van der Waals surface area (Å²) in [6.07, 6.45) is 52.6. The number of carbonyl (C=O) groups excluding carboxylic acids is 2. The highest BCUT2D eigenvalue weighted by Gasteiger charge is 2.36. The molecule has 5 atom stereocenters. The topological polar surface area (TPSA) is 398 Å². The van der Waals surface area contributed by atoms with Crippen molar-refractivity contribution < 1.29 is 52.2 Å². The minimum atomic E-state index is -0.242. The maximum atomic E-state index is 13.0. The Labute approximate surface area is 868 Å². The number of benzene rings is 5. The van der Waals surface area contributed by atoms with E-state index >= 15 is 0 Å². The fourth-order valence-electron chi connectivity index (χ4n) is 19.5. The van der Waals surface area contributed by atoms with Crippen LogP contribution in [0.1, 0.15) is 98.4 Å². The van der Waals surface area contributed by atoms with Crippen LogP contribution in [0.25, 0.3) is 51.7 Å². The van der Waals surface area contributed by atoms with Crippen LogP contribution in [0.3, 0.4) is 0 Å². The molecule has 17 aromatic rings. The molecule has 41 heteroatoms. The van der Waals surface area contributed by atoms with Crippen molar-refractivity contribution in [1.29, 1.82) is 0 Å². The molecule has 5 fully saturated rings. The van der Waals surface area contributed by atoms with Crippen molar-refractivity contribution in [2.24, 2.45) is 14.1 Å². The van der Waals surface area contributed by atoms with Gasteiger partial charge in [0.1, 0.15) is 72.8 Å². The van der Waals surface area contributed by atoms with Gasteiger partial charge >= 0.3 is 0 Å². The Morgan fingerprint density at radius 3 is 1.15 bits per heavy atom. The van der Waals surface area contributed by atoms with E-state index in [2.05, 4.69) is 141 Å². The van der Waals surface area contributed by atoms with Crippen molar-refractivity contribution in [2.45, 2.75) is 133 Å². The van der Waals surface area contributed by atoms with Crippen LogP contribution in [0.4, 0.5) is 29.1 Å². The lowest BCUT2D eigenvalue weighted by atomic mass is 10.1. The number of methoxy groups -OCH3 is 4. The van der Waals surface area contributed by atoms with Crippen molar-refractivity contribution in [3.63, 3.8) is 0 Å². The van der Waals surface area contributed by atoms with Crippen molar-refractivity contribution in [1.82, 2.24) is 122 Å². The Balaban J connectivity index is 0.000000118. The molecule has 23 rings (SSSR count). The third-order valence-corrected chi connectivity index (χ3v) is 27.3. The smallest absolute Gasteiger partial charge is 0.243 e. The molecule has 5 aromatic carbocycles. The number of amides is 2. The van der Waals surface area contributed by atoms with Gasteiger partial charge in [0.05, 0.1) is 97.0 Å². The highest BCUT2D eigenvalue weighted by molar-refractivity contribution is 5.87. The van der Waals surface area contributed by atoms with Crippen LogP contribution >= 0.6 is 0 Å². The van der Waals surface area contributed by atoms with E-state index in [9.17, 15) is 9.59 Å². The first kappa shape index (κ1) is 102. The second-order valence-corrected chi connectivity index (χ2v) is 36.9. The maximum Gasteiger partial charge on any atom is 0.243 e. The number of hydrogen-bond acceptors (Lipinski definition) is 32. The summed E-state index contributed by atoms with van der Waals surface area (Å²) in [6, 6.07) is 42.7. The van der Waals surface area contributed by atoms with Crippen molar-refractivity contribution in [3.8, 4) is 64.2 Å². The number of fused-ring (bicyclic) bond motifs is 3. The normalized spacial score (nSPS) is 16.5. The number of imidazole rings is 6. The summed E-state index contributed by atoms with van der Waals surface area (Å²) in [4.78, 5) is 107. The average molecular weight is 2030 g/mol. The van der Waals surface area contributed by atoms with E-state index in [1.807, 2.05) is 148 Å². The molecular weight excluding hydrogens is 1910 g/mol. The van der Waals surface area contributed by atoms with Crippen molar-refractivity contribution in [3.05, 3.63) is 292 Å². The summed E-state index contributed by atoms with van der Waals surface area (Å²) in [5.74, 6) is 12.0. The number of nitrogens with zero attached hydrogens (tertiary/aromatic N) is 28. The minimum Gasteiger partial charge on any atom is -0.493 e. The van der Waals surface area contributed by atoms with E-state index in [-0.39, 0.29) is 23.9 Å². The zero-order valence-electron chi connectivity index (χ0n) is 85.0. The zero-order valence-corrected chi connectivity index (χ0v) is 85.0. The summed E-state index contributed by atoms with van der Waals surface area (Å²) in [6.45, 7) is 9.95. The maximum absolute atomic E-state index is 13.0. The lowest BCUT2D eigenvalue weighted by molar-refractivity contribution is -0.123. The average Bonchev–Trinajstić information content (AvgIpc) is 1.69. The lowest BCUT2D eigenvalue weighted by Crippen LogP contribution is -2.43. The molecule has 5 saturated heterocycles. The highest BCUT2D eigenvalue weighted by Crippen LogP contribution is 2.36. The molecule has 0 bridgehead atoms. The first-order chi connectivity index (χ1) is 73.8. The van der Waals surface area contributed by atoms with E-state index in [4.69, 9.17) is 57.6 Å². The van der Waals surface area contributed by atoms with Gasteiger partial charge in [-0.25, -0.2) is 54.8 Å². The predicted octanol–water partition coefficient (Wildman–Crippen LogP) is 13.1. The van der Waals surface area contributed by atoms with Gasteiger partial charge in [0.25, 0.3) is 0 Å². The van der Waals surface area contributed by atoms with Gasteiger partial charge in [0.15, 0.2) is 34.5 Å². The first-order valence-electron chi connectivity index (χ1n) is 50.7. The van der Waals surface area contributed by atoms with Crippen LogP contribution in [0.2, 0.25) is 0 Å². The summed E-state index contributed by atoms with van der Waals surface area (Å²) in [7, 11) is 10.6. The summed E-state index contributed by atoms with van der Waals surface area (Å²) >= 11 is 0. The van der Waals surface area contributed by atoms with Crippen LogP contribution in [-0.4, -0.2) is 261 Å². The fraction of sp³-hybridized carbons (Fsp3) is 0.358. The van der Waals surface area contributed by atoms with E-state index < -0.39 is 0 Å². The van der Waals surface area contributed by atoms with Gasteiger partial charge in [-0.15, -0.1) is 0 Å². The van der Waals surface area contributed by atoms with Crippen molar-refractivity contribution in [2.75, 3.05) is 132 Å². The second-order valence-electron chi connectivity index (χ2n) is 36.9. The summed E-state index contributed by atoms with van der Waals surface area (Å²) in [5, 5.41) is 7.39. The summed E-state index contributed by atoms with van der Waals surface area (Å²) < 4.78 is 63.3. The largest absolute Gasteiger partial charge is 0.493 e. The molecule has 6 aliphatic heterocycles. The van der Waals surface area contributed by atoms with Gasteiger partial charge in [-0.2, -0.15) is 24.9 Å². The third kappa shape index (κ3) is 25.5. The monoisotopic (exact) mass is 2030 g/mol. The molecule has 0 radical (unpaired) electrons. The molecule has 2 amide bonds. The third-order valence-electron chi connectivity index (χ3n) is 27.3. The number of aryl methyl sites for hydroxylation is 3. The Morgan fingerprint density at radius 2 is 0.720 bits per heavy atom. The number of hydrogen-bond donors (Lipinski definition) is 2. The Morgan fingerprint density at radius 1 is 0.340 bits per heavy atom. The molecule has 12 aromatic heterocycles. The van der Waals surface area contributed by atoms with Gasteiger partial charge in [-0.1, -0.05) is 36.4 Å². The number of rotatable bonds is 36. The van der Waals surface area contributed by atoms with Crippen LogP contribution in [0, 0.1) is 0 Å². The first-order valence-corrected chi connectivity index (χ1v) is 50.7. The fourth-order valence-corrected chi connectivity index (χ4v) is 19.5.